The average Bonchev–Trinajstić information content (AvgIpc) is 2.79. The fourth-order valence-corrected chi connectivity index (χ4v) is 3.30. The third-order valence-corrected chi connectivity index (χ3v) is 5.42. The minimum absolute atomic E-state index is 0.0389. The molecule has 0 aliphatic carbocycles. The zero-order valence-corrected chi connectivity index (χ0v) is 18.7. The van der Waals surface area contributed by atoms with Crippen LogP contribution in [0.25, 0.3) is 6.08 Å². The van der Waals surface area contributed by atoms with Crippen molar-refractivity contribution >= 4 is 35.3 Å². The van der Waals surface area contributed by atoms with E-state index >= 15 is 0 Å². The number of amides is 2. The summed E-state index contributed by atoms with van der Waals surface area (Å²) < 4.78 is 39.1. The first-order chi connectivity index (χ1) is 15.7. The van der Waals surface area contributed by atoms with E-state index in [4.69, 9.17) is 0 Å². The molecule has 33 heavy (non-hydrogen) atoms. The van der Waals surface area contributed by atoms with E-state index in [0.717, 1.165) is 22.6 Å². The Morgan fingerprint density at radius 2 is 1.61 bits per heavy atom. The second kappa shape index (κ2) is 10.4. The first kappa shape index (κ1) is 24.1. The van der Waals surface area contributed by atoms with Gasteiger partial charge in [-0.25, -0.2) is 0 Å². The zero-order chi connectivity index (χ0) is 24.0. The van der Waals surface area contributed by atoms with Gasteiger partial charge < -0.3 is 10.6 Å². The lowest BCUT2D eigenvalue weighted by atomic mass is 10.1. The molecule has 3 aromatic carbocycles. The number of nitrogens with one attached hydrogen (secondary N) is 2. The molecule has 0 spiro atoms. The summed E-state index contributed by atoms with van der Waals surface area (Å²) in [6, 6.07) is 18.4. The smallest absolute Gasteiger partial charge is 0.321 e. The third kappa shape index (κ3) is 6.73. The van der Waals surface area contributed by atoms with Crippen LogP contribution >= 0.6 is 11.8 Å². The molecule has 0 aliphatic heterocycles. The van der Waals surface area contributed by atoms with Crippen molar-refractivity contribution in [3.05, 3.63) is 101 Å². The van der Waals surface area contributed by atoms with E-state index in [1.165, 1.54) is 18.2 Å². The normalized spacial score (nSPS) is 11.7. The molecular weight excluding hydrogens is 449 g/mol. The van der Waals surface area contributed by atoms with E-state index in [9.17, 15) is 22.8 Å². The quantitative estimate of drug-likeness (QED) is 0.336. The second-order valence-corrected chi connectivity index (χ2v) is 8.06. The average molecular weight is 471 g/mol. The predicted molar refractivity (Wildman–Crippen MR) is 125 cm³/mol. The molecule has 0 saturated carbocycles. The molecule has 0 aliphatic rings. The van der Waals surface area contributed by atoms with Crippen LogP contribution in [0.5, 0.6) is 0 Å². The summed E-state index contributed by atoms with van der Waals surface area (Å²) >= 11 is 1.56. The van der Waals surface area contributed by atoms with Gasteiger partial charge in [-0.05, 0) is 67.3 Å². The number of carbonyl (C=O) groups excluding carboxylic acids is 2. The Bertz CT molecular complexity index is 1170. The van der Waals surface area contributed by atoms with Crippen molar-refractivity contribution in [2.75, 3.05) is 11.6 Å². The van der Waals surface area contributed by atoms with Gasteiger partial charge in [0.05, 0.1) is 5.56 Å². The van der Waals surface area contributed by atoms with Gasteiger partial charge in [0.1, 0.15) is 5.70 Å². The van der Waals surface area contributed by atoms with Crippen molar-refractivity contribution in [2.45, 2.75) is 18.0 Å². The minimum atomic E-state index is -4.54. The molecule has 0 fully saturated rings. The maximum absolute atomic E-state index is 13.0. The van der Waals surface area contributed by atoms with Crippen LogP contribution in [0.15, 0.2) is 83.4 Å². The largest absolute Gasteiger partial charge is 0.416 e. The summed E-state index contributed by atoms with van der Waals surface area (Å²) in [5.74, 6) is -1.26. The summed E-state index contributed by atoms with van der Waals surface area (Å²) in [4.78, 5) is 26.7. The Labute approximate surface area is 193 Å². The van der Waals surface area contributed by atoms with Gasteiger partial charge in [0.2, 0.25) is 0 Å². The number of benzene rings is 3. The van der Waals surface area contributed by atoms with E-state index in [-0.39, 0.29) is 11.4 Å². The first-order valence-corrected chi connectivity index (χ1v) is 11.1. The van der Waals surface area contributed by atoms with E-state index in [1.807, 2.05) is 25.3 Å². The van der Waals surface area contributed by atoms with Crippen LogP contribution in [0, 0.1) is 6.92 Å². The Morgan fingerprint density at radius 1 is 0.939 bits per heavy atom. The van der Waals surface area contributed by atoms with Crippen LogP contribution in [0.1, 0.15) is 27.0 Å². The predicted octanol–water partition coefficient (Wildman–Crippen LogP) is 6.15. The number of rotatable bonds is 6. The van der Waals surface area contributed by atoms with Crippen molar-refractivity contribution in [3.8, 4) is 0 Å². The third-order valence-electron chi connectivity index (χ3n) is 4.68. The molecule has 0 radical (unpaired) electrons. The molecule has 0 saturated heterocycles. The molecule has 3 rings (SSSR count). The highest BCUT2D eigenvalue weighted by molar-refractivity contribution is 7.98. The highest BCUT2D eigenvalue weighted by Gasteiger charge is 2.30. The van der Waals surface area contributed by atoms with Gasteiger partial charge in [-0.1, -0.05) is 35.9 Å². The van der Waals surface area contributed by atoms with E-state index in [1.54, 1.807) is 48.2 Å². The minimum Gasteiger partial charge on any atom is -0.321 e. The van der Waals surface area contributed by atoms with E-state index in [2.05, 4.69) is 10.6 Å². The summed E-state index contributed by atoms with van der Waals surface area (Å²) in [5, 5.41) is 5.01. The summed E-state index contributed by atoms with van der Waals surface area (Å²) in [6.45, 7) is 1.88. The lowest BCUT2D eigenvalue weighted by Gasteiger charge is -2.13. The fraction of sp³-hybridized carbons (Fsp3) is 0.120. The number of alkyl halides is 3. The number of anilines is 1. The fourth-order valence-electron chi connectivity index (χ4n) is 2.90. The molecule has 0 aromatic heterocycles. The van der Waals surface area contributed by atoms with Gasteiger partial charge in [0.15, 0.2) is 0 Å². The van der Waals surface area contributed by atoms with Crippen LogP contribution in [-0.4, -0.2) is 18.1 Å². The van der Waals surface area contributed by atoms with Crippen LogP contribution in [0.2, 0.25) is 0 Å². The van der Waals surface area contributed by atoms with Crippen LogP contribution in [-0.2, 0) is 11.0 Å². The molecule has 0 atom stereocenters. The summed E-state index contributed by atoms with van der Waals surface area (Å²) in [6.07, 6.45) is -1.14. The Morgan fingerprint density at radius 3 is 2.21 bits per heavy atom. The second-order valence-electron chi connectivity index (χ2n) is 7.18. The van der Waals surface area contributed by atoms with E-state index in [0.29, 0.717) is 11.1 Å². The van der Waals surface area contributed by atoms with Crippen molar-refractivity contribution in [1.29, 1.82) is 0 Å². The number of halogens is 3. The first-order valence-electron chi connectivity index (χ1n) is 9.88. The highest BCUT2D eigenvalue weighted by atomic mass is 32.2. The van der Waals surface area contributed by atoms with Crippen molar-refractivity contribution in [3.63, 3.8) is 0 Å². The van der Waals surface area contributed by atoms with Crippen molar-refractivity contribution in [2.24, 2.45) is 0 Å². The van der Waals surface area contributed by atoms with Gasteiger partial charge in [-0.3, -0.25) is 9.59 Å². The SMILES string of the molecule is CSc1ccc(/C=C(/NC(=O)c2ccc(C)cc2)C(=O)Nc2cccc(C(F)(F)F)c2)cc1. The molecule has 170 valence electrons. The number of hydrogen-bond donors (Lipinski definition) is 2. The van der Waals surface area contributed by atoms with Crippen LogP contribution < -0.4 is 10.6 Å². The standard InChI is InChI=1S/C25H21F3N2O2S/c1-16-6-10-18(11-7-16)23(31)30-22(14-17-8-12-21(33-2)13-9-17)24(32)29-20-5-3-4-19(15-20)25(26,27)28/h3-15H,1-2H3,(H,29,32)(H,30,31)/b22-14+. The van der Waals surface area contributed by atoms with Gasteiger partial charge in [-0.15, -0.1) is 11.8 Å². The Balaban J connectivity index is 1.90. The summed E-state index contributed by atoms with van der Waals surface area (Å²) in [7, 11) is 0. The van der Waals surface area contributed by atoms with Gasteiger partial charge in [0, 0.05) is 16.1 Å². The molecule has 2 N–H and O–H groups in total. The Hall–Kier alpha value is -3.52. The van der Waals surface area contributed by atoms with Crippen molar-refractivity contribution in [1.82, 2.24) is 5.32 Å². The van der Waals surface area contributed by atoms with E-state index < -0.39 is 23.6 Å². The molecule has 3 aromatic rings. The van der Waals surface area contributed by atoms with Gasteiger partial charge in [0.25, 0.3) is 11.8 Å². The monoisotopic (exact) mass is 470 g/mol. The topological polar surface area (TPSA) is 58.2 Å². The maximum Gasteiger partial charge on any atom is 0.416 e. The highest BCUT2D eigenvalue weighted by Crippen LogP contribution is 2.30. The molecular formula is C25H21F3N2O2S. The molecule has 0 heterocycles. The number of hydrogen-bond acceptors (Lipinski definition) is 3. The van der Waals surface area contributed by atoms with Gasteiger partial charge >= 0.3 is 6.18 Å². The maximum atomic E-state index is 13.0. The van der Waals surface area contributed by atoms with Crippen LogP contribution in [0.3, 0.4) is 0 Å². The molecule has 2 amide bonds. The van der Waals surface area contributed by atoms with Gasteiger partial charge in [-0.2, -0.15) is 13.2 Å². The number of aryl methyl sites for hydroxylation is 1. The number of thioether (sulfide) groups is 1. The number of carbonyl (C=O) groups is 2. The van der Waals surface area contributed by atoms with Crippen molar-refractivity contribution < 1.29 is 22.8 Å². The molecule has 4 nitrogen and oxygen atoms in total. The summed E-state index contributed by atoms with van der Waals surface area (Å²) in [5.41, 5.74) is 0.931. The Kier molecular flexibility index (Phi) is 7.60. The lowest BCUT2D eigenvalue weighted by Crippen LogP contribution is -2.30. The molecule has 0 unspecified atom stereocenters. The molecule has 0 bridgehead atoms. The zero-order valence-electron chi connectivity index (χ0n) is 17.9. The molecule has 8 heteroatoms. The lowest BCUT2D eigenvalue weighted by molar-refractivity contribution is -0.137. The van der Waals surface area contributed by atoms with Crippen LogP contribution in [0.4, 0.5) is 18.9 Å².